The minimum absolute atomic E-state index is 0.0950. The Hall–Kier alpha value is -2.89. The number of carbonyl (C=O) groups excluding carboxylic acids is 2. The van der Waals surface area contributed by atoms with E-state index < -0.39 is 0 Å². The Balaban J connectivity index is 1.94. The van der Waals surface area contributed by atoms with Gasteiger partial charge in [0.25, 0.3) is 11.8 Å². The smallest absolute Gasteiger partial charge is 0.269 e. The third kappa shape index (κ3) is 4.18. The van der Waals surface area contributed by atoms with Crippen LogP contribution in [0.5, 0.6) is 5.75 Å². The van der Waals surface area contributed by atoms with Gasteiger partial charge in [0.15, 0.2) is 0 Å². The van der Waals surface area contributed by atoms with Crippen molar-refractivity contribution in [3.05, 3.63) is 58.9 Å². The van der Waals surface area contributed by atoms with E-state index in [0.717, 1.165) is 17.7 Å². The van der Waals surface area contributed by atoms with Crippen molar-refractivity contribution in [2.24, 2.45) is 11.3 Å². The molecule has 30 heavy (non-hydrogen) atoms. The van der Waals surface area contributed by atoms with E-state index in [-0.39, 0.29) is 34.9 Å². The molecule has 1 aliphatic rings. The lowest BCUT2D eigenvalue weighted by Gasteiger charge is -2.16. The predicted octanol–water partition coefficient (Wildman–Crippen LogP) is 3.77. The Bertz CT molecular complexity index is 954. The van der Waals surface area contributed by atoms with Crippen LogP contribution in [0, 0.1) is 11.3 Å². The van der Waals surface area contributed by atoms with E-state index in [0.29, 0.717) is 17.2 Å². The first-order valence-electron chi connectivity index (χ1n) is 10.4. The van der Waals surface area contributed by atoms with E-state index in [1.807, 2.05) is 31.2 Å². The van der Waals surface area contributed by atoms with Gasteiger partial charge in [-0.1, -0.05) is 46.2 Å². The Morgan fingerprint density at radius 1 is 1.20 bits per heavy atom. The lowest BCUT2D eigenvalue weighted by Crippen LogP contribution is -2.30. The Labute approximate surface area is 178 Å². The zero-order valence-corrected chi connectivity index (χ0v) is 18.6. The van der Waals surface area contributed by atoms with Crippen LogP contribution in [0.25, 0.3) is 0 Å². The maximum Gasteiger partial charge on any atom is 0.269 e. The van der Waals surface area contributed by atoms with E-state index in [4.69, 9.17) is 4.74 Å². The van der Waals surface area contributed by atoms with Crippen LogP contribution in [0.2, 0.25) is 0 Å². The molecule has 6 heteroatoms. The molecular weight excluding hydrogens is 378 g/mol. The highest BCUT2D eigenvalue weighted by Gasteiger charge is 2.57. The van der Waals surface area contributed by atoms with Gasteiger partial charge < -0.3 is 15.4 Å². The molecule has 1 aromatic carbocycles. The number of aromatic nitrogens is 1. The molecule has 0 aliphatic heterocycles. The number of benzene rings is 1. The van der Waals surface area contributed by atoms with E-state index in [1.165, 1.54) is 0 Å². The minimum Gasteiger partial charge on any atom is -0.497 e. The summed E-state index contributed by atoms with van der Waals surface area (Å²) in [6, 6.07) is 11.2. The maximum atomic E-state index is 13.0. The van der Waals surface area contributed by atoms with Crippen LogP contribution in [-0.2, 0) is 0 Å². The normalized spacial score (nSPS) is 20.2. The molecular formula is C24H31N3O3. The van der Waals surface area contributed by atoms with Crippen molar-refractivity contribution in [1.29, 1.82) is 0 Å². The highest BCUT2D eigenvalue weighted by atomic mass is 16.5. The lowest BCUT2D eigenvalue weighted by atomic mass is 9.95. The third-order valence-corrected chi connectivity index (χ3v) is 6.38. The van der Waals surface area contributed by atoms with Crippen molar-refractivity contribution in [2.75, 3.05) is 14.2 Å². The van der Waals surface area contributed by atoms with Gasteiger partial charge in [0.1, 0.15) is 11.4 Å². The van der Waals surface area contributed by atoms with Gasteiger partial charge >= 0.3 is 0 Å². The number of nitrogens with one attached hydrogen (secondary N) is 2. The molecule has 1 aromatic heterocycles. The second kappa shape index (κ2) is 8.46. The molecule has 3 atom stereocenters. The number of pyridine rings is 1. The van der Waals surface area contributed by atoms with Gasteiger partial charge in [-0.25, -0.2) is 4.98 Å². The van der Waals surface area contributed by atoms with Crippen molar-refractivity contribution < 1.29 is 14.3 Å². The fourth-order valence-corrected chi connectivity index (χ4v) is 4.25. The molecule has 3 rings (SSSR count). The first kappa shape index (κ1) is 21.8. The van der Waals surface area contributed by atoms with Crippen molar-refractivity contribution in [2.45, 2.75) is 46.1 Å². The van der Waals surface area contributed by atoms with Crippen LogP contribution in [0.15, 0.2) is 36.4 Å². The third-order valence-electron chi connectivity index (χ3n) is 6.38. The molecule has 0 bridgehead atoms. The maximum absolute atomic E-state index is 13.0. The molecule has 6 nitrogen and oxygen atoms in total. The van der Waals surface area contributed by atoms with Gasteiger partial charge in [-0.05, 0) is 41.2 Å². The van der Waals surface area contributed by atoms with E-state index in [9.17, 15) is 9.59 Å². The second-order valence-corrected chi connectivity index (χ2v) is 8.53. The summed E-state index contributed by atoms with van der Waals surface area (Å²) in [6.07, 6.45) is 1.02. The summed E-state index contributed by atoms with van der Waals surface area (Å²) in [5.41, 5.74) is 2.44. The first-order chi connectivity index (χ1) is 14.2. The largest absolute Gasteiger partial charge is 0.497 e. The number of methoxy groups -OCH3 is 1. The topological polar surface area (TPSA) is 80.3 Å². The fourth-order valence-electron chi connectivity index (χ4n) is 4.25. The molecule has 1 aliphatic carbocycles. The molecule has 0 radical (unpaired) electrons. The van der Waals surface area contributed by atoms with Gasteiger partial charge in [0.2, 0.25) is 0 Å². The van der Waals surface area contributed by atoms with Crippen LogP contribution in [0.3, 0.4) is 0 Å². The first-order valence-corrected chi connectivity index (χ1v) is 10.4. The Kier molecular flexibility index (Phi) is 6.15. The standard InChI is InChI=1S/C24H31N3O3/c1-7-18-21(24(18,3)4)27-22(28)16-12-19(26-20(13-16)23(29)25-5)14(2)15-9-8-10-17(11-15)30-6/h8-14,18,21H,7H2,1-6H3,(H,25,29)(H,27,28). The number of ether oxygens (including phenoxy) is 1. The summed E-state index contributed by atoms with van der Waals surface area (Å²) in [4.78, 5) is 29.9. The van der Waals surface area contributed by atoms with Crippen molar-refractivity contribution in [3.8, 4) is 5.75 Å². The van der Waals surface area contributed by atoms with Gasteiger partial charge in [-0.15, -0.1) is 0 Å². The molecule has 3 unspecified atom stereocenters. The molecule has 1 heterocycles. The van der Waals surface area contributed by atoms with Crippen LogP contribution < -0.4 is 15.4 Å². The Morgan fingerprint density at radius 2 is 1.93 bits per heavy atom. The van der Waals surface area contributed by atoms with E-state index in [2.05, 4.69) is 36.4 Å². The van der Waals surface area contributed by atoms with Gasteiger partial charge in [-0.2, -0.15) is 0 Å². The summed E-state index contributed by atoms with van der Waals surface area (Å²) in [7, 11) is 3.18. The monoisotopic (exact) mass is 409 g/mol. The summed E-state index contributed by atoms with van der Waals surface area (Å²) >= 11 is 0. The van der Waals surface area contributed by atoms with Crippen LogP contribution in [0.4, 0.5) is 0 Å². The van der Waals surface area contributed by atoms with Crippen molar-refractivity contribution in [3.63, 3.8) is 0 Å². The minimum atomic E-state index is -0.318. The van der Waals surface area contributed by atoms with Crippen LogP contribution >= 0.6 is 0 Å². The van der Waals surface area contributed by atoms with Gasteiger partial charge in [0, 0.05) is 30.3 Å². The van der Waals surface area contributed by atoms with Crippen LogP contribution in [-0.4, -0.2) is 37.0 Å². The number of rotatable bonds is 7. The zero-order valence-electron chi connectivity index (χ0n) is 18.6. The number of hydrogen-bond acceptors (Lipinski definition) is 4. The molecule has 2 aromatic rings. The molecule has 2 N–H and O–H groups in total. The number of hydrogen-bond donors (Lipinski definition) is 2. The zero-order chi connectivity index (χ0) is 22.1. The van der Waals surface area contributed by atoms with Crippen molar-refractivity contribution in [1.82, 2.24) is 15.6 Å². The lowest BCUT2D eigenvalue weighted by molar-refractivity contribution is 0.0945. The van der Waals surface area contributed by atoms with Gasteiger partial charge in [-0.3, -0.25) is 9.59 Å². The summed E-state index contributed by atoms with van der Waals surface area (Å²) in [5, 5.41) is 5.75. The highest BCUT2D eigenvalue weighted by molar-refractivity contribution is 5.99. The SMILES string of the molecule is CCC1C(NC(=O)c2cc(C(=O)NC)nc(C(C)c3cccc(OC)c3)c2)C1(C)C. The number of amides is 2. The summed E-state index contributed by atoms with van der Waals surface area (Å²) in [6.45, 7) is 8.49. The summed E-state index contributed by atoms with van der Waals surface area (Å²) in [5.74, 6) is 0.618. The van der Waals surface area contributed by atoms with Crippen molar-refractivity contribution >= 4 is 11.8 Å². The molecule has 1 fully saturated rings. The molecule has 2 amide bonds. The summed E-state index contributed by atoms with van der Waals surface area (Å²) < 4.78 is 5.32. The molecule has 1 saturated carbocycles. The molecule has 0 saturated heterocycles. The van der Waals surface area contributed by atoms with Crippen LogP contribution in [0.1, 0.15) is 72.1 Å². The Morgan fingerprint density at radius 3 is 2.53 bits per heavy atom. The predicted molar refractivity (Wildman–Crippen MR) is 117 cm³/mol. The average molecular weight is 410 g/mol. The number of nitrogens with zero attached hydrogens (tertiary/aromatic N) is 1. The average Bonchev–Trinajstić information content (AvgIpc) is 3.30. The number of carbonyl (C=O) groups is 2. The molecule has 160 valence electrons. The second-order valence-electron chi connectivity index (χ2n) is 8.53. The van der Waals surface area contributed by atoms with E-state index in [1.54, 1.807) is 26.3 Å². The van der Waals surface area contributed by atoms with E-state index >= 15 is 0 Å². The fraction of sp³-hybridized carbons (Fsp3) is 0.458. The quantitative estimate of drug-likeness (QED) is 0.730. The van der Waals surface area contributed by atoms with Gasteiger partial charge in [0.05, 0.1) is 7.11 Å². The highest BCUT2D eigenvalue weighted by Crippen LogP contribution is 2.53. The molecule has 0 spiro atoms.